The van der Waals surface area contributed by atoms with Gasteiger partial charge in [-0.1, -0.05) is 6.07 Å². The van der Waals surface area contributed by atoms with E-state index in [2.05, 4.69) is 61.3 Å². The van der Waals surface area contributed by atoms with Gasteiger partial charge in [0, 0.05) is 32.7 Å². The van der Waals surface area contributed by atoms with Crippen LogP contribution in [-0.2, 0) is 6.54 Å². The highest BCUT2D eigenvalue weighted by Gasteiger charge is 2.09. The topological polar surface area (TPSA) is 27.7 Å². The quantitative estimate of drug-likeness (QED) is 0.701. The number of ether oxygens (including phenoxy) is 1. The van der Waals surface area contributed by atoms with Crippen molar-refractivity contribution in [1.82, 2.24) is 10.2 Å². The smallest absolute Gasteiger partial charge is 0.142 e. The average Bonchev–Trinajstić information content (AvgIpc) is 2.45. The molecule has 0 unspecified atom stereocenters. The summed E-state index contributed by atoms with van der Waals surface area (Å²) in [5.74, 6) is 0.959. The Morgan fingerprint density at radius 1 is 1.15 bits per heavy atom. The van der Waals surface area contributed by atoms with Crippen LogP contribution in [0.2, 0.25) is 0 Å². The number of rotatable bonds is 9. The molecule has 0 radical (unpaired) electrons. The molecule has 0 heterocycles. The third-order valence-electron chi connectivity index (χ3n) is 3.41. The Bertz CT molecular complexity index is 389. The van der Waals surface area contributed by atoms with Gasteiger partial charge >= 0.3 is 0 Å². The molecule has 0 aliphatic heterocycles. The van der Waals surface area contributed by atoms with Crippen LogP contribution in [0.5, 0.6) is 5.75 Å². The zero-order valence-corrected chi connectivity index (χ0v) is 13.6. The molecule has 20 heavy (non-hydrogen) atoms. The van der Waals surface area contributed by atoms with E-state index in [1.165, 1.54) is 11.3 Å². The largest absolute Gasteiger partial charge is 0.495 e. The van der Waals surface area contributed by atoms with Gasteiger partial charge in [0.2, 0.25) is 0 Å². The molecule has 0 aliphatic carbocycles. The van der Waals surface area contributed by atoms with Gasteiger partial charge in [0.1, 0.15) is 5.75 Å². The van der Waals surface area contributed by atoms with Gasteiger partial charge in [-0.25, -0.2) is 0 Å². The van der Waals surface area contributed by atoms with Crippen molar-refractivity contribution in [3.8, 4) is 5.75 Å². The lowest BCUT2D eigenvalue weighted by Crippen LogP contribution is -2.26. The van der Waals surface area contributed by atoms with Gasteiger partial charge in [-0.15, -0.1) is 0 Å². The molecular weight excluding hydrogens is 250 g/mol. The van der Waals surface area contributed by atoms with Crippen molar-refractivity contribution in [1.29, 1.82) is 0 Å². The molecule has 0 amide bonds. The second kappa shape index (κ2) is 8.82. The van der Waals surface area contributed by atoms with Crippen LogP contribution < -0.4 is 15.0 Å². The number of methoxy groups -OCH3 is 1. The molecule has 0 atom stereocenters. The van der Waals surface area contributed by atoms with Crippen molar-refractivity contribution in [2.24, 2.45) is 0 Å². The van der Waals surface area contributed by atoms with E-state index in [-0.39, 0.29) is 0 Å². The van der Waals surface area contributed by atoms with Crippen molar-refractivity contribution < 1.29 is 4.74 Å². The summed E-state index contributed by atoms with van der Waals surface area (Å²) in [5, 5.41) is 3.45. The van der Waals surface area contributed by atoms with Crippen LogP contribution in [0.3, 0.4) is 0 Å². The van der Waals surface area contributed by atoms with E-state index in [1.807, 2.05) is 0 Å². The minimum Gasteiger partial charge on any atom is -0.495 e. The number of anilines is 1. The zero-order chi connectivity index (χ0) is 15.0. The lowest BCUT2D eigenvalue weighted by atomic mass is 10.1. The Labute approximate surface area is 123 Å². The second-order valence-corrected chi connectivity index (χ2v) is 5.16. The summed E-state index contributed by atoms with van der Waals surface area (Å²) in [4.78, 5) is 4.49. The minimum atomic E-state index is 0.878. The summed E-state index contributed by atoms with van der Waals surface area (Å²) < 4.78 is 5.54. The normalized spacial score (nSPS) is 10.9. The van der Waals surface area contributed by atoms with Crippen LogP contribution in [0, 0.1) is 0 Å². The first-order chi connectivity index (χ1) is 9.62. The molecule has 1 aromatic carbocycles. The van der Waals surface area contributed by atoms with Crippen LogP contribution in [0.25, 0.3) is 0 Å². The molecule has 0 aliphatic rings. The molecule has 0 saturated heterocycles. The highest BCUT2D eigenvalue weighted by molar-refractivity contribution is 5.59. The van der Waals surface area contributed by atoms with Crippen molar-refractivity contribution in [2.45, 2.75) is 20.4 Å². The fraction of sp³-hybridized carbons (Fsp3) is 0.625. The fourth-order valence-corrected chi connectivity index (χ4v) is 2.19. The molecular formula is C16H29N3O. The third kappa shape index (κ3) is 5.02. The Morgan fingerprint density at radius 2 is 1.85 bits per heavy atom. The highest BCUT2D eigenvalue weighted by atomic mass is 16.5. The minimum absolute atomic E-state index is 0.878. The van der Waals surface area contributed by atoms with Crippen molar-refractivity contribution in [3.63, 3.8) is 0 Å². The number of hydrogen-bond acceptors (Lipinski definition) is 4. The molecule has 0 spiro atoms. The SMILES string of the molecule is CCN(CC)c1ccc(CNCCN(C)C)cc1OC. The Hall–Kier alpha value is -1.26. The maximum absolute atomic E-state index is 5.54. The van der Waals surface area contributed by atoms with Gasteiger partial charge < -0.3 is 19.9 Å². The van der Waals surface area contributed by atoms with E-state index < -0.39 is 0 Å². The average molecular weight is 279 g/mol. The molecule has 0 fully saturated rings. The maximum atomic E-state index is 5.54. The van der Waals surface area contributed by atoms with E-state index in [0.717, 1.165) is 38.5 Å². The number of nitrogens with one attached hydrogen (secondary N) is 1. The third-order valence-corrected chi connectivity index (χ3v) is 3.41. The van der Waals surface area contributed by atoms with E-state index in [1.54, 1.807) is 7.11 Å². The predicted octanol–water partition coefficient (Wildman–Crippen LogP) is 2.19. The predicted molar refractivity (Wildman–Crippen MR) is 86.8 cm³/mol. The van der Waals surface area contributed by atoms with Crippen LogP contribution >= 0.6 is 0 Å². The maximum Gasteiger partial charge on any atom is 0.142 e. The van der Waals surface area contributed by atoms with Crippen LogP contribution in [0.1, 0.15) is 19.4 Å². The highest BCUT2D eigenvalue weighted by Crippen LogP contribution is 2.29. The van der Waals surface area contributed by atoms with E-state index in [4.69, 9.17) is 4.74 Å². The number of likely N-dealkylation sites (N-methyl/N-ethyl adjacent to an activating group) is 1. The monoisotopic (exact) mass is 279 g/mol. The van der Waals surface area contributed by atoms with Gasteiger partial charge in [-0.3, -0.25) is 0 Å². The van der Waals surface area contributed by atoms with E-state index in [9.17, 15) is 0 Å². The summed E-state index contributed by atoms with van der Waals surface area (Å²) in [7, 11) is 5.92. The van der Waals surface area contributed by atoms with E-state index in [0.29, 0.717) is 0 Å². The first-order valence-corrected chi connectivity index (χ1v) is 7.39. The second-order valence-electron chi connectivity index (χ2n) is 5.16. The van der Waals surface area contributed by atoms with Gasteiger partial charge in [-0.2, -0.15) is 0 Å². The molecule has 4 heteroatoms. The molecule has 0 aromatic heterocycles. The van der Waals surface area contributed by atoms with Crippen molar-refractivity contribution in [3.05, 3.63) is 23.8 Å². The molecule has 1 rings (SSSR count). The molecule has 0 bridgehead atoms. The lowest BCUT2D eigenvalue weighted by molar-refractivity contribution is 0.399. The summed E-state index contributed by atoms with van der Waals surface area (Å²) >= 11 is 0. The van der Waals surface area contributed by atoms with Gasteiger partial charge in [0.15, 0.2) is 0 Å². The molecule has 1 N–H and O–H groups in total. The van der Waals surface area contributed by atoms with Gasteiger partial charge in [0.05, 0.1) is 12.8 Å². The van der Waals surface area contributed by atoms with Gasteiger partial charge in [0.25, 0.3) is 0 Å². The van der Waals surface area contributed by atoms with Crippen LogP contribution in [0.4, 0.5) is 5.69 Å². The fourth-order valence-electron chi connectivity index (χ4n) is 2.19. The number of benzene rings is 1. The zero-order valence-electron chi connectivity index (χ0n) is 13.6. The van der Waals surface area contributed by atoms with E-state index >= 15 is 0 Å². The summed E-state index contributed by atoms with van der Waals surface area (Å²) in [6, 6.07) is 6.48. The van der Waals surface area contributed by atoms with Crippen molar-refractivity contribution in [2.75, 3.05) is 52.3 Å². The Morgan fingerprint density at radius 3 is 2.40 bits per heavy atom. The molecule has 0 saturated carbocycles. The van der Waals surface area contributed by atoms with Crippen LogP contribution in [-0.4, -0.2) is 52.3 Å². The molecule has 114 valence electrons. The Kier molecular flexibility index (Phi) is 7.41. The molecule has 4 nitrogen and oxygen atoms in total. The van der Waals surface area contributed by atoms with Crippen molar-refractivity contribution >= 4 is 5.69 Å². The van der Waals surface area contributed by atoms with Gasteiger partial charge in [-0.05, 0) is 45.6 Å². The summed E-state index contributed by atoms with van der Waals surface area (Å²) in [6.45, 7) is 9.24. The molecule has 1 aromatic rings. The standard InChI is InChI=1S/C16H29N3O/c1-6-19(7-2)15-9-8-14(12-16(15)20-5)13-17-10-11-18(3)4/h8-9,12,17H,6-7,10-11,13H2,1-5H3. The van der Waals surface area contributed by atoms with Crippen LogP contribution in [0.15, 0.2) is 18.2 Å². The number of hydrogen-bond donors (Lipinski definition) is 1. The summed E-state index contributed by atoms with van der Waals surface area (Å²) in [6.07, 6.45) is 0. The summed E-state index contributed by atoms with van der Waals surface area (Å²) in [5.41, 5.74) is 2.44. The number of nitrogens with zero attached hydrogens (tertiary/aromatic N) is 2. The first-order valence-electron chi connectivity index (χ1n) is 7.39. The Balaban J connectivity index is 2.67. The first kappa shape index (κ1) is 16.8. The lowest BCUT2D eigenvalue weighted by Gasteiger charge is -2.23.